The summed E-state index contributed by atoms with van der Waals surface area (Å²) in [6.45, 7) is 1.99. The predicted molar refractivity (Wildman–Crippen MR) is 97.0 cm³/mol. The van der Waals surface area contributed by atoms with E-state index in [1.54, 1.807) is 37.3 Å². The van der Waals surface area contributed by atoms with Gasteiger partial charge < -0.3 is 14.3 Å². The minimum atomic E-state index is -1.22. The molecule has 0 radical (unpaired) electrons. The number of ether oxygens (including phenoxy) is 1. The number of esters is 1. The quantitative estimate of drug-likeness (QED) is 0.623. The van der Waals surface area contributed by atoms with Gasteiger partial charge in [-0.05, 0) is 43.3 Å². The van der Waals surface area contributed by atoms with Crippen LogP contribution in [0, 0.1) is 0 Å². The van der Waals surface area contributed by atoms with E-state index in [9.17, 15) is 14.4 Å². The third-order valence-electron chi connectivity index (χ3n) is 3.69. The van der Waals surface area contributed by atoms with Crippen molar-refractivity contribution in [2.45, 2.75) is 6.92 Å². The first kappa shape index (κ1) is 18.8. The van der Waals surface area contributed by atoms with Crippen LogP contribution in [0.25, 0.3) is 11.5 Å². The fraction of sp³-hybridized carbons (Fsp3) is 0.105. The number of amides is 1. The van der Waals surface area contributed by atoms with Gasteiger partial charge in [0.15, 0.2) is 0 Å². The fourth-order valence-electron chi connectivity index (χ4n) is 2.39. The standard InChI is InChI=1S/C19H15N3O6/c1-2-27-18(26)12-9-7-11(8-10-12)16-21-22-19(28-16)20-15(23)13-5-3-4-6-14(13)17(24)25/h3-10H,2H2,1H3,(H,24,25)(H,20,22,23). The average Bonchev–Trinajstić information content (AvgIpc) is 3.16. The zero-order valence-electron chi connectivity index (χ0n) is 14.7. The molecule has 0 fully saturated rings. The number of rotatable bonds is 6. The number of aromatic carboxylic acids is 1. The molecule has 2 aromatic carbocycles. The van der Waals surface area contributed by atoms with E-state index in [-0.39, 0.29) is 29.6 Å². The third kappa shape index (κ3) is 4.04. The van der Waals surface area contributed by atoms with Gasteiger partial charge in [-0.25, -0.2) is 9.59 Å². The molecule has 0 saturated carbocycles. The maximum absolute atomic E-state index is 12.3. The molecule has 1 aromatic heterocycles. The summed E-state index contributed by atoms with van der Waals surface area (Å²) in [7, 11) is 0. The van der Waals surface area contributed by atoms with Gasteiger partial charge in [0.25, 0.3) is 5.91 Å². The van der Waals surface area contributed by atoms with Crippen molar-refractivity contribution >= 4 is 23.9 Å². The van der Waals surface area contributed by atoms with E-state index in [2.05, 4.69) is 15.5 Å². The topological polar surface area (TPSA) is 132 Å². The smallest absolute Gasteiger partial charge is 0.338 e. The van der Waals surface area contributed by atoms with E-state index < -0.39 is 17.8 Å². The monoisotopic (exact) mass is 381 g/mol. The molecule has 0 saturated heterocycles. The van der Waals surface area contributed by atoms with Gasteiger partial charge >= 0.3 is 18.0 Å². The predicted octanol–water partition coefficient (Wildman–Crippen LogP) is 2.86. The van der Waals surface area contributed by atoms with Gasteiger partial charge in [0.1, 0.15) is 0 Å². The lowest BCUT2D eigenvalue weighted by Crippen LogP contribution is -2.16. The Morgan fingerprint density at radius 1 is 1.04 bits per heavy atom. The maximum Gasteiger partial charge on any atom is 0.338 e. The van der Waals surface area contributed by atoms with Crippen LogP contribution < -0.4 is 5.32 Å². The average molecular weight is 381 g/mol. The van der Waals surface area contributed by atoms with Crippen molar-refractivity contribution in [3.63, 3.8) is 0 Å². The number of benzene rings is 2. The minimum Gasteiger partial charge on any atom is -0.478 e. The highest BCUT2D eigenvalue weighted by molar-refractivity contribution is 6.10. The molecule has 28 heavy (non-hydrogen) atoms. The minimum absolute atomic E-state index is 0.0338. The molecule has 1 heterocycles. The van der Waals surface area contributed by atoms with Crippen molar-refractivity contribution in [2.75, 3.05) is 11.9 Å². The first-order chi connectivity index (χ1) is 13.5. The molecule has 0 atom stereocenters. The molecule has 0 aliphatic carbocycles. The van der Waals surface area contributed by atoms with Crippen molar-refractivity contribution in [1.82, 2.24) is 10.2 Å². The van der Waals surface area contributed by atoms with E-state index in [0.717, 1.165) is 0 Å². The molecule has 9 nitrogen and oxygen atoms in total. The SMILES string of the molecule is CCOC(=O)c1ccc(-c2nnc(NC(=O)c3ccccc3C(=O)O)o2)cc1. The van der Waals surface area contributed by atoms with Crippen LogP contribution in [0.4, 0.5) is 6.01 Å². The van der Waals surface area contributed by atoms with Crippen molar-refractivity contribution < 1.29 is 28.6 Å². The number of hydrogen-bond acceptors (Lipinski definition) is 7. The first-order valence-corrected chi connectivity index (χ1v) is 8.24. The highest BCUT2D eigenvalue weighted by Gasteiger charge is 2.18. The lowest BCUT2D eigenvalue weighted by Gasteiger charge is -2.04. The number of carbonyl (C=O) groups excluding carboxylic acids is 2. The summed E-state index contributed by atoms with van der Waals surface area (Å²) in [5, 5.41) is 19.1. The molecule has 0 bridgehead atoms. The number of nitrogens with one attached hydrogen (secondary N) is 1. The molecule has 2 N–H and O–H groups in total. The summed E-state index contributed by atoms with van der Waals surface area (Å²) in [6.07, 6.45) is 0. The summed E-state index contributed by atoms with van der Waals surface area (Å²) < 4.78 is 10.3. The zero-order chi connectivity index (χ0) is 20.1. The van der Waals surface area contributed by atoms with Gasteiger partial charge in [-0.1, -0.05) is 17.2 Å². The molecule has 0 spiro atoms. The van der Waals surface area contributed by atoms with Gasteiger partial charge in [-0.3, -0.25) is 10.1 Å². The largest absolute Gasteiger partial charge is 0.478 e. The summed E-state index contributed by atoms with van der Waals surface area (Å²) in [4.78, 5) is 35.2. The molecular weight excluding hydrogens is 366 g/mol. The Bertz CT molecular complexity index is 1030. The molecule has 3 rings (SSSR count). The van der Waals surface area contributed by atoms with Gasteiger partial charge in [-0.15, -0.1) is 5.10 Å². The van der Waals surface area contributed by atoms with E-state index in [0.29, 0.717) is 11.1 Å². The Labute approximate surface area is 159 Å². The van der Waals surface area contributed by atoms with Crippen LogP contribution in [0.2, 0.25) is 0 Å². The molecule has 0 aliphatic heterocycles. The van der Waals surface area contributed by atoms with Crippen LogP contribution in [0.5, 0.6) is 0 Å². The van der Waals surface area contributed by atoms with Crippen molar-refractivity contribution in [3.05, 3.63) is 65.2 Å². The highest BCUT2D eigenvalue weighted by Crippen LogP contribution is 2.21. The van der Waals surface area contributed by atoms with Gasteiger partial charge in [0.2, 0.25) is 5.89 Å². The second-order valence-electron chi connectivity index (χ2n) is 5.52. The Morgan fingerprint density at radius 2 is 1.71 bits per heavy atom. The van der Waals surface area contributed by atoms with Crippen molar-refractivity contribution in [2.24, 2.45) is 0 Å². The second kappa shape index (κ2) is 8.12. The molecule has 1 amide bonds. The summed E-state index contributed by atoms with van der Waals surface area (Å²) in [5.74, 6) is -2.23. The van der Waals surface area contributed by atoms with Crippen molar-refractivity contribution in [1.29, 1.82) is 0 Å². The van der Waals surface area contributed by atoms with Gasteiger partial charge in [0, 0.05) is 5.56 Å². The number of anilines is 1. The third-order valence-corrected chi connectivity index (χ3v) is 3.69. The second-order valence-corrected chi connectivity index (χ2v) is 5.52. The summed E-state index contributed by atoms with van der Waals surface area (Å²) in [6, 6.07) is 11.9. The van der Waals surface area contributed by atoms with E-state index >= 15 is 0 Å². The normalized spacial score (nSPS) is 10.3. The molecule has 0 aliphatic rings. The number of aromatic nitrogens is 2. The van der Waals surface area contributed by atoms with Crippen LogP contribution >= 0.6 is 0 Å². The van der Waals surface area contributed by atoms with E-state index in [4.69, 9.17) is 14.3 Å². The molecule has 9 heteroatoms. The lowest BCUT2D eigenvalue weighted by molar-refractivity contribution is 0.0525. The van der Waals surface area contributed by atoms with Gasteiger partial charge in [-0.2, -0.15) is 0 Å². The van der Waals surface area contributed by atoms with Gasteiger partial charge in [0.05, 0.1) is 23.3 Å². The molecule has 3 aromatic rings. The maximum atomic E-state index is 12.3. The Balaban J connectivity index is 1.75. The lowest BCUT2D eigenvalue weighted by atomic mass is 10.1. The van der Waals surface area contributed by atoms with Crippen LogP contribution in [0.15, 0.2) is 52.9 Å². The van der Waals surface area contributed by atoms with Crippen LogP contribution in [-0.4, -0.2) is 39.8 Å². The number of carbonyl (C=O) groups is 3. The number of carboxylic acid groups (broad SMARTS) is 1. The highest BCUT2D eigenvalue weighted by atomic mass is 16.5. The molecule has 0 unspecified atom stereocenters. The molecular formula is C19H15N3O6. The zero-order valence-corrected chi connectivity index (χ0v) is 14.7. The first-order valence-electron chi connectivity index (χ1n) is 8.24. The summed E-state index contributed by atoms with van der Waals surface area (Å²) >= 11 is 0. The van der Waals surface area contributed by atoms with E-state index in [1.165, 1.54) is 18.2 Å². The Kier molecular flexibility index (Phi) is 5.45. The van der Waals surface area contributed by atoms with E-state index in [1.807, 2.05) is 0 Å². The Morgan fingerprint density at radius 3 is 2.36 bits per heavy atom. The fourth-order valence-corrected chi connectivity index (χ4v) is 2.39. The van der Waals surface area contributed by atoms with Crippen molar-refractivity contribution in [3.8, 4) is 11.5 Å². The van der Waals surface area contributed by atoms with Crippen LogP contribution in [0.3, 0.4) is 0 Å². The summed E-state index contributed by atoms with van der Waals surface area (Å²) in [5.41, 5.74) is 0.735. The number of hydrogen-bond donors (Lipinski definition) is 2. The number of nitrogens with zero attached hydrogens (tertiary/aromatic N) is 2. The van der Waals surface area contributed by atoms with Crippen LogP contribution in [0.1, 0.15) is 38.0 Å². The Hall–Kier alpha value is -4.01. The van der Waals surface area contributed by atoms with Crippen LogP contribution in [-0.2, 0) is 4.74 Å². The number of carboxylic acids is 1. The molecule has 142 valence electrons.